The zero-order valence-corrected chi connectivity index (χ0v) is 15.7. The van der Waals surface area contributed by atoms with Crippen molar-refractivity contribution in [1.29, 1.82) is 0 Å². The third-order valence-electron chi connectivity index (χ3n) is 5.30. The monoisotopic (exact) mass is 363 g/mol. The van der Waals surface area contributed by atoms with E-state index in [2.05, 4.69) is 10.00 Å². The van der Waals surface area contributed by atoms with Crippen LogP contribution in [0.15, 0.2) is 59.3 Å². The molecule has 1 amide bonds. The van der Waals surface area contributed by atoms with Gasteiger partial charge in [-0.05, 0) is 62.9 Å². The molecular formula is C22H25N3O2. The molecule has 4 rings (SSSR count). The number of aryl methyl sites for hydroxylation is 2. The van der Waals surface area contributed by atoms with Gasteiger partial charge in [-0.1, -0.05) is 12.1 Å². The molecule has 1 aliphatic heterocycles. The third kappa shape index (κ3) is 3.97. The maximum Gasteiger partial charge on any atom is 0.254 e. The Morgan fingerprint density at radius 1 is 1.19 bits per heavy atom. The lowest BCUT2D eigenvalue weighted by atomic mass is 9.98. The Morgan fingerprint density at radius 2 is 2.04 bits per heavy atom. The van der Waals surface area contributed by atoms with Crippen molar-refractivity contribution in [2.45, 2.75) is 45.2 Å². The normalized spacial score (nSPS) is 17.2. The van der Waals surface area contributed by atoms with E-state index >= 15 is 0 Å². The number of carbonyl (C=O) groups is 1. The van der Waals surface area contributed by atoms with Crippen molar-refractivity contribution in [3.8, 4) is 11.3 Å². The highest BCUT2D eigenvalue weighted by Crippen LogP contribution is 2.25. The van der Waals surface area contributed by atoms with Crippen molar-refractivity contribution in [1.82, 2.24) is 14.7 Å². The highest BCUT2D eigenvalue weighted by Gasteiger charge is 2.27. The predicted octanol–water partition coefficient (Wildman–Crippen LogP) is 4.54. The molecule has 0 aliphatic carbocycles. The number of benzene rings is 1. The minimum absolute atomic E-state index is 0.127. The van der Waals surface area contributed by atoms with Crippen molar-refractivity contribution in [2.75, 3.05) is 6.54 Å². The van der Waals surface area contributed by atoms with Gasteiger partial charge in [-0.2, -0.15) is 5.10 Å². The summed E-state index contributed by atoms with van der Waals surface area (Å²) in [6.45, 7) is 3.61. The van der Waals surface area contributed by atoms with Crippen LogP contribution in [-0.2, 0) is 6.54 Å². The molecule has 3 aromatic rings. The molecule has 0 radical (unpaired) electrons. The highest BCUT2D eigenvalue weighted by molar-refractivity contribution is 5.95. The first-order chi connectivity index (χ1) is 13.2. The number of amides is 1. The second-order valence-electron chi connectivity index (χ2n) is 7.19. The van der Waals surface area contributed by atoms with Crippen molar-refractivity contribution in [2.24, 2.45) is 0 Å². The van der Waals surface area contributed by atoms with E-state index in [4.69, 9.17) is 4.42 Å². The zero-order chi connectivity index (χ0) is 18.6. The molecule has 1 atom stereocenters. The number of hydrogen-bond donors (Lipinski definition) is 0. The number of aromatic nitrogens is 2. The quantitative estimate of drug-likeness (QED) is 0.669. The molecule has 140 valence electrons. The van der Waals surface area contributed by atoms with Gasteiger partial charge in [0, 0.05) is 42.7 Å². The number of piperidine rings is 1. The summed E-state index contributed by atoms with van der Waals surface area (Å²) in [5, 5.41) is 4.27. The number of likely N-dealkylation sites (tertiary alicyclic amines) is 1. The summed E-state index contributed by atoms with van der Waals surface area (Å²) in [6, 6.07) is 13.9. The van der Waals surface area contributed by atoms with Crippen LogP contribution in [0.1, 0.15) is 41.8 Å². The summed E-state index contributed by atoms with van der Waals surface area (Å²) in [5.74, 6) is 1.85. The molecular weight excluding hydrogens is 338 g/mol. The van der Waals surface area contributed by atoms with Crippen LogP contribution in [0, 0.1) is 6.92 Å². The van der Waals surface area contributed by atoms with Crippen molar-refractivity contribution in [3.63, 3.8) is 0 Å². The van der Waals surface area contributed by atoms with Crippen LogP contribution < -0.4 is 0 Å². The minimum atomic E-state index is 0.127. The Hall–Kier alpha value is -2.82. The molecule has 1 aliphatic rings. The number of nitrogens with zero attached hydrogens (tertiary/aromatic N) is 3. The molecule has 0 saturated carbocycles. The van der Waals surface area contributed by atoms with Gasteiger partial charge in [0.1, 0.15) is 11.5 Å². The van der Waals surface area contributed by atoms with Gasteiger partial charge in [0.05, 0.1) is 0 Å². The highest BCUT2D eigenvalue weighted by atomic mass is 16.3. The summed E-state index contributed by atoms with van der Waals surface area (Å²) >= 11 is 0. The van der Waals surface area contributed by atoms with Gasteiger partial charge >= 0.3 is 0 Å². The number of carbonyl (C=O) groups excluding carboxylic acids is 1. The smallest absolute Gasteiger partial charge is 0.254 e. The van der Waals surface area contributed by atoms with Crippen LogP contribution in [0.2, 0.25) is 0 Å². The Balaban J connectivity index is 1.46. The summed E-state index contributed by atoms with van der Waals surface area (Å²) in [6.07, 6.45) is 8.04. The van der Waals surface area contributed by atoms with Crippen molar-refractivity contribution in [3.05, 3.63) is 66.2 Å². The third-order valence-corrected chi connectivity index (χ3v) is 5.30. The lowest BCUT2D eigenvalue weighted by molar-refractivity contribution is 0.0594. The standard InChI is InChI=1S/C22H25N3O2/c1-17-6-11-21(27-17)18-7-9-19(10-8-18)22(26)25-15-3-2-5-20(25)12-16-24-14-4-13-23-24/h4,6-11,13-14,20H,2-3,5,12,15-16H2,1H3. The predicted molar refractivity (Wildman–Crippen MR) is 104 cm³/mol. The Kier molecular flexibility index (Phi) is 5.10. The lowest BCUT2D eigenvalue weighted by Gasteiger charge is -2.36. The van der Waals surface area contributed by atoms with E-state index in [1.54, 1.807) is 6.20 Å². The summed E-state index contributed by atoms with van der Waals surface area (Å²) < 4.78 is 7.61. The number of hydrogen-bond acceptors (Lipinski definition) is 3. The van der Waals surface area contributed by atoms with E-state index in [-0.39, 0.29) is 11.9 Å². The number of furan rings is 1. The molecule has 1 aromatic carbocycles. The molecule has 5 nitrogen and oxygen atoms in total. The van der Waals surface area contributed by atoms with Crippen molar-refractivity contribution < 1.29 is 9.21 Å². The van der Waals surface area contributed by atoms with E-state index in [1.165, 1.54) is 6.42 Å². The van der Waals surface area contributed by atoms with Gasteiger partial charge < -0.3 is 9.32 Å². The van der Waals surface area contributed by atoms with E-state index in [1.807, 2.05) is 60.3 Å². The average molecular weight is 363 g/mol. The summed E-state index contributed by atoms with van der Waals surface area (Å²) in [4.78, 5) is 15.2. The van der Waals surface area contributed by atoms with Gasteiger partial charge in [-0.25, -0.2) is 0 Å². The fourth-order valence-electron chi connectivity index (χ4n) is 3.81. The first-order valence-electron chi connectivity index (χ1n) is 9.66. The molecule has 1 fully saturated rings. The van der Waals surface area contributed by atoms with Gasteiger partial charge in [0.25, 0.3) is 5.91 Å². The fourth-order valence-corrected chi connectivity index (χ4v) is 3.81. The first-order valence-corrected chi connectivity index (χ1v) is 9.66. The maximum atomic E-state index is 13.1. The number of rotatable bonds is 5. The van der Waals surface area contributed by atoms with Crippen molar-refractivity contribution >= 4 is 5.91 Å². The maximum absolute atomic E-state index is 13.1. The van der Waals surface area contributed by atoms with Crippen LogP contribution in [0.25, 0.3) is 11.3 Å². The van der Waals surface area contributed by atoms with E-state index < -0.39 is 0 Å². The fraction of sp³-hybridized carbons (Fsp3) is 0.364. The van der Waals surface area contributed by atoms with E-state index in [0.717, 1.165) is 55.0 Å². The summed E-state index contributed by atoms with van der Waals surface area (Å²) in [5.41, 5.74) is 1.74. The first kappa shape index (κ1) is 17.6. The molecule has 5 heteroatoms. The van der Waals surface area contributed by atoms with Gasteiger partial charge in [0.2, 0.25) is 0 Å². The molecule has 1 unspecified atom stereocenters. The molecule has 27 heavy (non-hydrogen) atoms. The zero-order valence-electron chi connectivity index (χ0n) is 15.7. The second-order valence-corrected chi connectivity index (χ2v) is 7.19. The van der Waals surface area contributed by atoms with Crippen LogP contribution in [0.5, 0.6) is 0 Å². The topological polar surface area (TPSA) is 51.3 Å². The van der Waals surface area contributed by atoms with E-state index in [0.29, 0.717) is 0 Å². The Bertz CT molecular complexity index is 881. The van der Waals surface area contributed by atoms with Gasteiger partial charge in [-0.15, -0.1) is 0 Å². The minimum Gasteiger partial charge on any atom is -0.461 e. The Labute approximate surface area is 159 Å². The van der Waals surface area contributed by atoms with Crippen LogP contribution in [0.4, 0.5) is 0 Å². The molecule has 0 spiro atoms. The largest absolute Gasteiger partial charge is 0.461 e. The van der Waals surface area contributed by atoms with Crippen LogP contribution in [0.3, 0.4) is 0 Å². The SMILES string of the molecule is Cc1ccc(-c2ccc(C(=O)N3CCCCC3CCn3cccn3)cc2)o1. The second kappa shape index (κ2) is 7.82. The Morgan fingerprint density at radius 3 is 2.74 bits per heavy atom. The molecule has 2 aromatic heterocycles. The summed E-state index contributed by atoms with van der Waals surface area (Å²) in [7, 11) is 0. The van der Waals surface area contributed by atoms with Gasteiger partial charge in [-0.3, -0.25) is 9.48 Å². The average Bonchev–Trinajstić information content (AvgIpc) is 3.38. The van der Waals surface area contributed by atoms with E-state index in [9.17, 15) is 4.79 Å². The van der Waals surface area contributed by atoms with Crippen LogP contribution >= 0.6 is 0 Å². The lowest BCUT2D eigenvalue weighted by Crippen LogP contribution is -2.44. The molecule has 0 N–H and O–H groups in total. The molecule has 3 heterocycles. The molecule has 1 saturated heterocycles. The van der Waals surface area contributed by atoms with Gasteiger partial charge in [0.15, 0.2) is 0 Å². The molecule has 0 bridgehead atoms. The van der Waals surface area contributed by atoms with Crippen LogP contribution in [-0.4, -0.2) is 33.2 Å².